The molecule has 0 radical (unpaired) electrons. The Hall–Kier alpha value is -2.11. The quantitative estimate of drug-likeness (QED) is 0.792. The minimum absolute atomic E-state index is 0.131. The van der Waals surface area contributed by atoms with Gasteiger partial charge in [0.2, 0.25) is 0 Å². The molecule has 0 saturated heterocycles. The Balaban J connectivity index is 2.06. The predicted molar refractivity (Wildman–Crippen MR) is 81.6 cm³/mol. The zero-order chi connectivity index (χ0) is 16.1. The number of rotatable bonds is 5. The zero-order valence-electron chi connectivity index (χ0n) is 11.6. The lowest BCUT2D eigenvalue weighted by Gasteiger charge is -2.17. The van der Waals surface area contributed by atoms with E-state index < -0.39 is 17.8 Å². The van der Waals surface area contributed by atoms with Gasteiger partial charge in [-0.1, -0.05) is 23.7 Å². The molecule has 2 rings (SSSR count). The third-order valence-corrected chi connectivity index (χ3v) is 3.38. The van der Waals surface area contributed by atoms with Crippen molar-refractivity contribution >= 4 is 17.5 Å². The normalized spacial score (nSPS) is 12.0. The monoisotopic (exact) mass is 323 g/mol. The number of carbonyl (C=O) groups excluding carboxylic acids is 1. The first-order chi connectivity index (χ1) is 10.5. The number of nitrogens with one attached hydrogen (secondary N) is 1. The van der Waals surface area contributed by atoms with Crippen molar-refractivity contribution in [3.8, 4) is 5.75 Å². The Kier molecular flexibility index (Phi) is 5.35. The molecule has 116 valence electrons. The topological polar surface area (TPSA) is 69.6 Å². The number of phenolic OH excluding ortho intramolecular Hbond substituents is 1. The van der Waals surface area contributed by atoms with Crippen LogP contribution in [0, 0.1) is 5.82 Å². The van der Waals surface area contributed by atoms with Gasteiger partial charge in [0.1, 0.15) is 11.6 Å². The Morgan fingerprint density at radius 2 is 1.91 bits per heavy atom. The van der Waals surface area contributed by atoms with Crippen LogP contribution in [0.5, 0.6) is 5.75 Å². The molecule has 0 aliphatic rings. The van der Waals surface area contributed by atoms with Crippen LogP contribution in [0.2, 0.25) is 5.02 Å². The van der Waals surface area contributed by atoms with Gasteiger partial charge in [-0.15, -0.1) is 0 Å². The fourth-order valence-electron chi connectivity index (χ4n) is 2.01. The van der Waals surface area contributed by atoms with E-state index in [9.17, 15) is 19.4 Å². The maximum absolute atomic E-state index is 13.7. The number of aliphatic hydroxyl groups excluding tert-OH is 1. The molecule has 0 aromatic heterocycles. The summed E-state index contributed by atoms with van der Waals surface area (Å²) in [5.74, 6) is -1.20. The average molecular weight is 324 g/mol. The van der Waals surface area contributed by atoms with Gasteiger partial charge >= 0.3 is 0 Å². The molecule has 0 aliphatic heterocycles. The van der Waals surface area contributed by atoms with Gasteiger partial charge in [0.05, 0.1) is 18.2 Å². The van der Waals surface area contributed by atoms with Gasteiger partial charge in [0.25, 0.3) is 5.91 Å². The van der Waals surface area contributed by atoms with Gasteiger partial charge in [-0.25, -0.2) is 4.39 Å². The number of carbonyl (C=O) groups is 1. The molecule has 2 aromatic rings. The SMILES string of the molecule is O=C(N[C@H](CO)Cc1ccc(O)cc1)c1ccc(Cl)cc1F. The summed E-state index contributed by atoms with van der Waals surface area (Å²) in [4.78, 5) is 12.0. The summed E-state index contributed by atoms with van der Waals surface area (Å²) >= 11 is 5.64. The first kappa shape index (κ1) is 16.3. The van der Waals surface area contributed by atoms with Gasteiger partial charge in [0, 0.05) is 5.02 Å². The van der Waals surface area contributed by atoms with Crippen LogP contribution in [0.15, 0.2) is 42.5 Å². The Morgan fingerprint density at radius 3 is 2.50 bits per heavy atom. The van der Waals surface area contributed by atoms with Crippen LogP contribution in [0.25, 0.3) is 0 Å². The number of halogens is 2. The fourth-order valence-corrected chi connectivity index (χ4v) is 2.17. The van der Waals surface area contributed by atoms with Crippen molar-refractivity contribution in [1.82, 2.24) is 5.32 Å². The maximum Gasteiger partial charge on any atom is 0.254 e. The van der Waals surface area contributed by atoms with Crippen LogP contribution >= 0.6 is 11.6 Å². The van der Waals surface area contributed by atoms with E-state index in [4.69, 9.17) is 11.6 Å². The van der Waals surface area contributed by atoms with Crippen LogP contribution in [0.1, 0.15) is 15.9 Å². The fraction of sp³-hybridized carbons (Fsp3) is 0.188. The van der Waals surface area contributed by atoms with Crippen LogP contribution in [-0.2, 0) is 6.42 Å². The van der Waals surface area contributed by atoms with Crippen molar-refractivity contribution in [3.63, 3.8) is 0 Å². The number of phenols is 1. The Bertz CT molecular complexity index is 661. The number of hydrogen-bond donors (Lipinski definition) is 3. The molecule has 4 nitrogen and oxygen atoms in total. The zero-order valence-corrected chi connectivity index (χ0v) is 12.3. The summed E-state index contributed by atoms with van der Waals surface area (Å²) in [5.41, 5.74) is 0.697. The first-order valence-corrected chi connectivity index (χ1v) is 7.02. The van der Waals surface area contributed by atoms with E-state index in [1.54, 1.807) is 12.1 Å². The lowest BCUT2D eigenvalue weighted by molar-refractivity contribution is 0.0912. The van der Waals surface area contributed by atoms with Crippen molar-refractivity contribution in [3.05, 3.63) is 64.4 Å². The molecule has 0 bridgehead atoms. The van der Waals surface area contributed by atoms with Gasteiger partial charge in [0.15, 0.2) is 0 Å². The highest BCUT2D eigenvalue weighted by Gasteiger charge is 2.17. The van der Waals surface area contributed by atoms with Gasteiger partial charge in [-0.3, -0.25) is 4.79 Å². The molecule has 2 aromatic carbocycles. The second-order valence-corrected chi connectivity index (χ2v) is 5.28. The molecule has 6 heteroatoms. The molecule has 0 unspecified atom stereocenters. The van der Waals surface area contributed by atoms with Crippen LogP contribution in [0.4, 0.5) is 4.39 Å². The molecule has 0 saturated carbocycles. The summed E-state index contributed by atoms with van der Waals surface area (Å²) in [6.45, 7) is -0.290. The minimum atomic E-state index is -0.716. The summed E-state index contributed by atoms with van der Waals surface area (Å²) in [7, 11) is 0. The highest BCUT2D eigenvalue weighted by molar-refractivity contribution is 6.30. The second kappa shape index (κ2) is 7.24. The Labute approximate surface area is 132 Å². The number of benzene rings is 2. The first-order valence-electron chi connectivity index (χ1n) is 6.64. The molecule has 22 heavy (non-hydrogen) atoms. The predicted octanol–water partition coefficient (Wildman–Crippen LogP) is 2.52. The second-order valence-electron chi connectivity index (χ2n) is 4.85. The highest BCUT2D eigenvalue weighted by atomic mass is 35.5. The summed E-state index contributed by atoms with van der Waals surface area (Å²) in [6, 6.07) is 9.63. The van der Waals surface area contributed by atoms with Crippen LogP contribution in [0.3, 0.4) is 0 Å². The molecule has 1 amide bonds. The third-order valence-electron chi connectivity index (χ3n) is 3.15. The lowest BCUT2D eigenvalue weighted by Crippen LogP contribution is -2.39. The van der Waals surface area contributed by atoms with Gasteiger partial charge in [-0.05, 0) is 42.3 Å². The summed E-state index contributed by atoms with van der Waals surface area (Å²) in [5, 5.41) is 21.4. The van der Waals surface area contributed by atoms with E-state index >= 15 is 0 Å². The molecule has 0 aliphatic carbocycles. The average Bonchev–Trinajstić information content (AvgIpc) is 2.48. The van der Waals surface area contributed by atoms with Gasteiger partial charge in [-0.2, -0.15) is 0 Å². The van der Waals surface area contributed by atoms with E-state index in [0.29, 0.717) is 6.42 Å². The molecule has 0 fully saturated rings. The molecule has 0 spiro atoms. The number of hydrogen-bond acceptors (Lipinski definition) is 3. The number of aromatic hydroxyl groups is 1. The molecular formula is C16H15ClFNO3. The molecule has 3 N–H and O–H groups in total. The van der Waals surface area contributed by atoms with Crippen molar-refractivity contribution in [2.75, 3.05) is 6.61 Å². The highest BCUT2D eigenvalue weighted by Crippen LogP contribution is 2.15. The third kappa shape index (κ3) is 4.19. The van der Waals surface area contributed by atoms with Gasteiger partial charge < -0.3 is 15.5 Å². The van der Waals surface area contributed by atoms with E-state index in [1.165, 1.54) is 24.3 Å². The standard InChI is InChI=1S/C16H15ClFNO3/c17-11-3-6-14(15(18)8-11)16(22)19-12(9-20)7-10-1-4-13(21)5-2-10/h1-6,8,12,20-21H,7,9H2,(H,19,22)/t12-/m0/s1. The number of amides is 1. The molecule has 0 heterocycles. The Morgan fingerprint density at radius 1 is 1.23 bits per heavy atom. The van der Waals surface area contributed by atoms with Crippen molar-refractivity contribution in [2.45, 2.75) is 12.5 Å². The molecular weight excluding hydrogens is 309 g/mol. The summed E-state index contributed by atoms with van der Waals surface area (Å²) in [6.07, 6.45) is 0.359. The smallest absolute Gasteiger partial charge is 0.254 e. The lowest BCUT2D eigenvalue weighted by atomic mass is 10.1. The van der Waals surface area contributed by atoms with E-state index in [1.807, 2.05) is 0 Å². The van der Waals surface area contributed by atoms with E-state index in [-0.39, 0.29) is 22.9 Å². The minimum Gasteiger partial charge on any atom is -0.508 e. The van der Waals surface area contributed by atoms with Crippen molar-refractivity contribution in [2.24, 2.45) is 0 Å². The van der Waals surface area contributed by atoms with Crippen molar-refractivity contribution in [1.29, 1.82) is 0 Å². The van der Waals surface area contributed by atoms with E-state index in [2.05, 4.69) is 5.32 Å². The van der Waals surface area contributed by atoms with Crippen LogP contribution in [-0.4, -0.2) is 28.8 Å². The summed E-state index contributed by atoms with van der Waals surface area (Å²) < 4.78 is 13.7. The van der Waals surface area contributed by atoms with E-state index in [0.717, 1.165) is 11.6 Å². The molecule has 1 atom stereocenters. The largest absolute Gasteiger partial charge is 0.508 e. The maximum atomic E-state index is 13.7. The van der Waals surface area contributed by atoms with Crippen LogP contribution < -0.4 is 5.32 Å². The van der Waals surface area contributed by atoms with Crippen molar-refractivity contribution < 1.29 is 19.4 Å². The number of aliphatic hydroxyl groups is 1.